The first-order valence-electron chi connectivity index (χ1n) is 6.78. The SMILES string of the molecule is [B][I-]c1ccc(-c2cc3nc(OC(C)=O)[nH]c3cc2Cl)c(OC)n1. The fourth-order valence-corrected chi connectivity index (χ4v) is 3.25. The van der Waals surface area contributed by atoms with E-state index in [0.29, 0.717) is 21.9 Å². The number of hydrogen-bond acceptors (Lipinski definition) is 5. The normalized spacial score (nSPS) is 11.0. The molecule has 0 aliphatic carbocycles. The molecule has 0 fully saturated rings. The number of nitrogens with zero attached hydrogens (tertiary/aromatic N) is 2. The quantitative estimate of drug-likeness (QED) is 0.250. The van der Waals surface area contributed by atoms with Crippen LogP contribution in [-0.4, -0.2) is 33.7 Å². The zero-order chi connectivity index (χ0) is 17.3. The number of H-pyrrole nitrogens is 1. The number of aromatic amines is 1. The van der Waals surface area contributed by atoms with Crippen molar-refractivity contribution in [1.82, 2.24) is 15.0 Å². The molecule has 0 atom stereocenters. The van der Waals surface area contributed by atoms with Crippen molar-refractivity contribution in [3.63, 3.8) is 0 Å². The molecule has 3 aromatic rings. The summed E-state index contributed by atoms with van der Waals surface area (Å²) in [5, 5.41) is 0.496. The van der Waals surface area contributed by atoms with Crippen LogP contribution in [0.15, 0.2) is 24.3 Å². The number of benzene rings is 1. The van der Waals surface area contributed by atoms with Crippen LogP contribution in [-0.2, 0) is 4.79 Å². The molecule has 1 N–H and O–H groups in total. The second-order valence-electron chi connectivity index (χ2n) is 4.78. The average Bonchev–Trinajstić information content (AvgIpc) is 2.93. The Kier molecular flexibility index (Phi) is 4.95. The molecule has 0 spiro atoms. The van der Waals surface area contributed by atoms with Gasteiger partial charge in [0.2, 0.25) is 0 Å². The average molecular weight is 454 g/mol. The predicted molar refractivity (Wildman–Crippen MR) is 86.6 cm³/mol. The Morgan fingerprint density at radius 3 is 2.75 bits per heavy atom. The first-order chi connectivity index (χ1) is 11.5. The Hall–Kier alpha value is -1.81. The monoisotopic (exact) mass is 454 g/mol. The van der Waals surface area contributed by atoms with Crippen LogP contribution >= 0.6 is 11.6 Å². The summed E-state index contributed by atoms with van der Waals surface area (Å²) in [7, 11) is 1.55. The van der Waals surface area contributed by atoms with E-state index in [4.69, 9.17) is 26.8 Å². The maximum atomic E-state index is 11.0. The Morgan fingerprint density at radius 2 is 2.08 bits per heavy atom. The number of carbonyl (C=O) groups is 1. The zero-order valence-corrected chi connectivity index (χ0v) is 15.7. The third-order valence-corrected chi connectivity index (χ3v) is 4.76. The van der Waals surface area contributed by atoms with Gasteiger partial charge in [-0.3, -0.25) is 0 Å². The Morgan fingerprint density at radius 1 is 1.29 bits per heavy atom. The molecule has 3 rings (SSSR count). The van der Waals surface area contributed by atoms with Crippen molar-refractivity contribution in [2.45, 2.75) is 6.92 Å². The van der Waals surface area contributed by atoms with Crippen molar-refractivity contribution in [1.29, 1.82) is 0 Å². The van der Waals surface area contributed by atoms with E-state index in [1.165, 1.54) is 6.92 Å². The van der Waals surface area contributed by atoms with Crippen LogP contribution in [0.4, 0.5) is 0 Å². The van der Waals surface area contributed by atoms with Gasteiger partial charge in [-0.05, 0) is 0 Å². The van der Waals surface area contributed by atoms with Crippen LogP contribution < -0.4 is 30.5 Å². The molecule has 0 unspecified atom stereocenters. The maximum absolute atomic E-state index is 11.0. The summed E-state index contributed by atoms with van der Waals surface area (Å²) in [6.45, 7) is 1.31. The van der Waals surface area contributed by atoms with Gasteiger partial charge in [-0.1, -0.05) is 0 Å². The van der Waals surface area contributed by atoms with Crippen molar-refractivity contribution in [2.75, 3.05) is 7.11 Å². The van der Waals surface area contributed by atoms with Crippen LogP contribution in [0, 0.1) is 3.70 Å². The number of imidazole rings is 1. The molecule has 2 radical (unpaired) electrons. The van der Waals surface area contributed by atoms with E-state index >= 15 is 0 Å². The van der Waals surface area contributed by atoms with Crippen LogP contribution in [0.3, 0.4) is 0 Å². The number of ether oxygens (including phenoxy) is 2. The molecule has 9 heteroatoms. The summed E-state index contributed by atoms with van der Waals surface area (Å²) in [6, 6.07) is 7.37. The molecule has 0 bridgehead atoms. The third kappa shape index (κ3) is 3.34. The predicted octanol–water partition coefficient (Wildman–Crippen LogP) is -0.446. The van der Waals surface area contributed by atoms with Gasteiger partial charge in [-0.25, -0.2) is 0 Å². The van der Waals surface area contributed by atoms with Gasteiger partial charge in [0.15, 0.2) is 0 Å². The summed E-state index contributed by atoms with van der Waals surface area (Å²) in [6.07, 6.45) is 0. The number of esters is 1. The second kappa shape index (κ2) is 6.98. The summed E-state index contributed by atoms with van der Waals surface area (Å²) >= 11 is 5.77. The zero-order valence-electron chi connectivity index (χ0n) is 12.8. The number of hydrogen-bond donors (Lipinski definition) is 1. The molecular formula is C15H11BClIN3O3-. The molecule has 0 aliphatic heterocycles. The van der Waals surface area contributed by atoms with E-state index < -0.39 is 27.0 Å². The molecule has 0 saturated heterocycles. The Balaban J connectivity index is 2.12. The number of carbonyl (C=O) groups excluding carboxylic acids is 1. The van der Waals surface area contributed by atoms with Crippen LogP contribution in [0.2, 0.25) is 5.02 Å². The van der Waals surface area contributed by atoms with E-state index in [2.05, 4.69) is 15.0 Å². The molecule has 1 aromatic carbocycles. The minimum absolute atomic E-state index is 0.124. The first-order valence-corrected chi connectivity index (χ1v) is 9.48. The Labute approximate surface area is 154 Å². The van der Waals surface area contributed by atoms with Gasteiger partial charge in [-0.15, -0.1) is 0 Å². The fraction of sp³-hybridized carbons (Fsp3) is 0.133. The van der Waals surface area contributed by atoms with E-state index in [1.54, 1.807) is 19.2 Å². The van der Waals surface area contributed by atoms with Gasteiger partial charge < -0.3 is 0 Å². The van der Waals surface area contributed by atoms with E-state index in [0.717, 1.165) is 14.8 Å². The summed E-state index contributed by atoms with van der Waals surface area (Å²) in [5.74, 6) is 0.00145. The fourth-order valence-electron chi connectivity index (χ4n) is 2.24. The van der Waals surface area contributed by atoms with Crippen LogP contribution in [0.25, 0.3) is 22.2 Å². The molecule has 0 amide bonds. The van der Waals surface area contributed by atoms with Gasteiger partial charge >= 0.3 is 155 Å². The van der Waals surface area contributed by atoms with Crippen molar-refractivity contribution in [2.24, 2.45) is 0 Å². The molecule has 0 aliphatic rings. The topological polar surface area (TPSA) is 77.1 Å². The summed E-state index contributed by atoms with van der Waals surface area (Å²) in [4.78, 5) is 22.6. The second-order valence-corrected chi connectivity index (χ2v) is 6.92. The summed E-state index contributed by atoms with van der Waals surface area (Å²) in [5.41, 5.74) is 8.45. The van der Waals surface area contributed by atoms with E-state index in [1.807, 2.05) is 12.1 Å². The van der Waals surface area contributed by atoms with Crippen molar-refractivity contribution in [3.05, 3.63) is 33.0 Å². The number of aromatic nitrogens is 3. The molecule has 0 saturated carbocycles. The minimum atomic E-state index is -0.629. The van der Waals surface area contributed by atoms with Crippen molar-refractivity contribution in [3.8, 4) is 23.0 Å². The molecule has 122 valence electrons. The van der Waals surface area contributed by atoms with Crippen molar-refractivity contribution >= 4 is 34.3 Å². The van der Waals surface area contributed by atoms with E-state index in [-0.39, 0.29) is 6.01 Å². The number of nitrogens with one attached hydrogen (secondary N) is 1. The standard InChI is InChI=1S/C15H11BClIN3O3/c1-7(22)24-15-19-11-5-9(10(17)6-12(11)20-15)8-3-4-13(18-16)21-14(8)23-2/h3-6H,1-2H3,(H,19,20)/q-1. The number of methoxy groups -OCH3 is 1. The van der Waals surface area contributed by atoms with Crippen LogP contribution in [0.1, 0.15) is 6.92 Å². The molecule has 6 nitrogen and oxygen atoms in total. The number of rotatable bonds is 4. The van der Waals surface area contributed by atoms with Gasteiger partial charge in [0.25, 0.3) is 0 Å². The molecule has 2 heterocycles. The third-order valence-electron chi connectivity index (χ3n) is 3.21. The molecule has 2 aromatic heterocycles. The summed E-state index contributed by atoms with van der Waals surface area (Å²) < 4.78 is 11.1. The molecular weight excluding hydrogens is 443 g/mol. The number of halogens is 2. The number of pyridine rings is 1. The van der Waals surface area contributed by atoms with E-state index in [9.17, 15) is 4.79 Å². The van der Waals surface area contributed by atoms with Gasteiger partial charge in [0, 0.05) is 0 Å². The van der Waals surface area contributed by atoms with Gasteiger partial charge in [0.05, 0.1) is 0 Å². The Bertz CT molecular complexity index is 932. The first kappa shape index (κ1) is 17.0. The molecule has 24 heavy (non-hydrogen) atoms. The van der Waals surface area contributed by atoms with Gasteiger partial charge in [-0.2, -0.15) is 0 Å². The van der Waals surface area contributed by atoms with Crippen molar-refractivity contribution < 1.29 is 35.3 Å². The van der Waals surface area contributed by atoms with Gasteiger partial charge in [0.1, 0.15) is 0 Å². The number of fused-ring (bicyclic) bond motifs is 1. The van der Waals surface area contributed by atoms with Crippen LogP contribution in [0.5, 0.6) is 11.9 Å².